The number of hydrogen-bond donors (Lipinski definition) is 0. The Labute approximate surface area is 134 Å². The average molecular weight is 323 g/mol. The molecule has 0 aliphatic rings. The summed E-state index contributed by atoms with van der Waals surface area (Å²) in [6.45, 7) is 2.67. The van der Waals surface area contributed by atoms with Crippen LogP contribution in [0.2, 0.25) is 10.0 Å². The van der Waals surface area contributed by atoms with Gasteiger partial charge in [0, 0.05) is 22.0 Å². The first kappa shape index (κ1) is 15.9. The Morgan fingerprint density at radius 2 is 1.95 bits per heavy atom. The van der Waals surface area contributed by atoms with Crippen LogP contribution in [0.3, 0.4) is 0 Å². The SMILES string of the molecule is CCCOc1cccc(C(=O)Cc2cc(Cl)ccc2Cl)c1. The fraction of sp³-hybridized carbons (Fsp3) is 0.235. The molecule has 0 saturated carbocycles. The lowest BCUT2D eigenvalue weighted by Gasteiger charge is -2.08. The topological polar surface area (TPSA) is 26.3 Å². The number of ketones is 1. The van der Waals surface area contributed by atoms with Gasteiger partial charge in [-0.15, -0.1) is 0 Å². The molecule has 2 aromatic carbocycles. The van der Waals surface area contributed by atoms with Crippen molar-refractivity contribution in [1.29, 1.82) is 0 Å². The van der Waals surface area contributed by atoms with Gasteiger partial charge in [0.1, 0.15) is 5.75 Å². The third-order valence-electron chi connectivity index (χ3n) is 2.99. The molecule has 0 bridgehead atoms. The number of ether oxygens (including phenoxy) is 1. The number of hydrogen-bond acceptors (Lipinski definition) is 2. The molecule has 0 aliphatic heterocycles. The Morgan fingerprint density at radius 1 is 1.14 bits per heavy atom. The minimum Gasteiger partial charge on any atom is -0.494 e. The second-order valence-corrected chi connectivity index (χ2v) is 5.56. The molecule has 0 atom stereocenters. The van der Waals surface area contributed by atoms with E-state index in [1.54, 1.807) is 30.3 Å². The quantitative estimate of drug-likeness (QED) is 0.682. The molecule has 0 N–H and O–H groups in total. The van der Waals surface area contributed by atoms with Crippen molar-refractivity contribution >= 4 is 29.0 Å². The summed E-state index contributed by atoms with van der Waals surface area (Å²) in [5, 5.41) is 1.12. The molecule has 0 aromatic heterocycles. The predicted molar refractivity (Wildman–Crippen MR) is 86.7 cm³/mol. The summed E-state index contributed by atoms with van der Waals surface area (Å²) in [7, 11) is 0. The first-order valence-electron chi connectivity index (χ1n) is 6.80. The van der Waals surface area contributed by atoms with E-state index in [0.717, 1.165) is 12.0 Å². The minimum atomic E-state index is -0.0129. The highest BCUT2D eigenvalue weighted by Gasteiger charge is 2.11. The summed E-state index contributed by atoms with van der Waals surface area (Å²) in [6, 6.07) is 12.3. The lowest BCUT2D eigenvalue weighted by Crippen LogP contribution is -2.05. The van der Waals surface area contributed by atoms with E-state index in [9.17, 15) is 4.79 Å². The monoisotopic (exact) mass is 322 g/mol. The van der Waals surface area contributed by atoms with Gasteiger partial charge in [-0.1, -0.05) is 42.3 Å². The van der Waals surface area contributed by atoms with Gasteiger partial charge in [0.25, 0.3) is 0 Å². The van der Waals surface area contributed by atoms with Crippen LogP contribution in [0.25, 0.3) is 0 Å². The Morgan fingerprint density at radius 3 is 2.71 bits per heavy atom. The fourth-order valence-electron chi connectivity index (χ4n) is 1.93. The molecule has 0 amide bonds. The van der Waals surface area contributed by atoms with Crippen molar-refractivity contribution in [1.82, 2.24) is 0 Å². The van der Waals surface area contributed by atoms with Crippen molar-refractivity contribution in [3.05, 3.63) is 63.6 Å². The fourth-order valence-corrected chi connectivity index (χ4v) is 2.31. The van der Waals surface area contributed by atoms with E-state index >= 15 is 0 Å². The first-order valence-corrected chi connectivity index (χ1v) is 7.55. The summed E-state index contributed by atoms with van der Waals surface area (Å²) in [4.78, 5) is 12.3. The molecule has 110 valence electrons. The summed E-state index contributed by atoms with van der Waals surface area (Å²) < 4.78 is 5.54. The van der Waals surface area contributed by atoms with Gasteiger partial charge >= 0.3 is 0 Å². The van der Waals surface area contributed by atoms with Crippen molar-refractivity contribution in [3.8, 4) is 5.75 Å². The molecule has 0 radical (unpaired) electrons. The average Bonchev–Trinajstić information content (AvgIpc) is 2.49. The number of Topliss-reactive ketones (excluding diaryl/α,β-unsaturated/α-hetero) is 1. The predicted octanol–water partition coefficient (Wildman–Crippen LogP) is 5.21. The van der Waals surface area contributed by atoms with Crippen molar-refractivity contribution in [2.45, 2.75) is 19.8 Å². The number of rotatable bonds is 6. The molecule has 2 aromatic rings. The van der Waals surface area contributed by atoms with Crippen LogP contribution < -0.4 is 4.74 Å². The van der Waals surface area contributed by atoms with Gasteiger partial charge in [-0.3, -0.25) is 4.79 Å². The van der Waals surface area contributed by atoms with Gasteiger partial charge in [-0.2, -0.15) is 0 Å². The minimum absolute atomic E-state index is 0.0129. The highest BCUT2D eigenvalue weighted by Crippen LogP contribution is 2.23. The van der Waals surface area contributed by atoms with E-state index in [1.807, 2.05) is 19.1 Å². The van der Waals surface area contributed by atoms with Crippen molar-refractivity contribution in [2.75, 3.05) is 6.61 Å². The van der Waals surface area contributed by atoms with Crippen LogP contribution in [0.4, 0.5) is 0 Å². The van der Waals surface area contributed by atoms with Gasteiger partial charge in [-0.25, -0.2) is 0 Å². The van der Waals surface area contributed by atoms with Crippen LogP contribution in [0, 0.1) is 0 Å². The Hall–Kier alpha value is -1.51. The van der Waals surface area contributed by atoms with Gasteiger partial charge in [0.15, 0.2) is 5.78 Å². The number of benzene rings is 2. The second-order valence-electron chi connectivity index (χ2n) is 4.71. The van der Waals surface area contributed by atoms with Crippen molar-refractivity contribution < 1.29 is 9.53 Å². The second kappa shape index (κ2) is 7.48. The zero-order valence-corrected chi connectivity index (χ0v) is 13.2. The third kappa shape index (κ3) is 4.48. The maximum atomic E-state index is 12.3. The van der Waals surface area contributed by atoms with E-state index < -0.39 is 0 Å². The van der Waals surface area contributed by atoms with Crippen molar-refractivity contribution in [2.24, 2.45) is 0 Å². The lowest BCUT2D eigenvalue weighted by atomic mass is 10.0. The molecular weight excluding hydrogens is 307 g/mol. The Bertz CT molecular complexity index is 638. The van der Waals surface area contributed by atoms with Crippen LogP contribution in [-0.2, 0) is 6.42 Å². The highest BCUT2D eigenvalue weighted by atomic mass is 35.5. The zero-order valence-electron chi connectivity index (χ0n) is 11.7. The molecule has 21 heavy (non-hydrogen) atoms. The standard InChI is InChI=1S/C17H16Cl2O2/c1-2-8-21-15-5-3-4-12(10-15)17(20)11-13-9-14(18)6-7-16(13)19/h3-7,9-10H,2,8,11H2,1H3. The summed E-state index contributed by atoms with van der Waals surface area (Å²) in [6.07, 6.45) is 1.15. The highest BCUT2D eigenvalue weighted by molar-refractivity contribution is 6.33. The number of halogens is 2. The smallest absolute Gasteiger partial charge is 0.167 e. The maximum Gasteiger partial charge on any atom is 0.167 e. The van der Waals surface area contributed by atoms with Crippen LogP contribution in [0.15, 0.2) is 42.5 Å². The third-order valence-corrected chi connectivity index (χ3v) is 3.59. The number of carbonyl (C=O) groups is 1. The van der Waals surface area contributed by atoms with E-state index in [-0.39, 0.29) is 12.2 Å². The molecule has 0 spiro atoms. The van der Waals surface area contributed by atoms with E-state index in [1.165, 1.54) is 0 Å². The van der Waals surface area contributed by atoms with E-state index in [4.69, 9.17) is 27.9 Å². The van der Waals surface area contributed by atoms with Crippen LogP contribution >= 0.6 is 23.2 Å². The van der Waals surface area contributed by atoms with E-state index in [2.05, 4.69) is 0 Å². The molecule has 2 nitrogen and oxygen atoms in total. The summed E-state index contributed by atoms with van der Waals surface area (Å²) in [5.41, 5.74) is 1.34. The van der Waals surface area contributed by atoms with Gasteiger partial charge < -0.3 is 4.74 Å². The number of carbonyl (C=O) groups excluding carboxylic acids is 1. The Balaban J connectivity index is 2.14. The lowest BCUT2D eigenvalue weighted by molar-refractivity contribution is 0.0992. The summed E-state index contributed by atoms with van der Waals surface area (Å²) >= 11 is 12.0. The van der Waals surface area contributed by atoms with Gasteiger partial charge in [0.2, 0.25) is 0 Å². The summed E-state index contributed by atoms with van der Waals surface area (Å²) in [5.74, 6) is 0.695. The Kier molecular flexibility index (Phi) is 5.66. The van der Waals surface area contributed by atoms with Crippen molar-refractivity contribution in [3.63, 3.8) is 0 Å². The molecule has 0 aliphatic carbocycles. The molecule has 0 fully saturated rings. The van der Waals surface area contributed by atoms with Gasteiger partial charge in [-0.05, 0) is 42.3 Å². The van der Waals surface area contributed by atoms with Gasteiger partial charge in [0.05, 0.1) is 6.61 Å². The van der Waals surface area contributed by atoms with E-state index in [0.29, 0.717) is 28.0 Å². The molecule has 4 heteroatoms. The normalized spacial score (nSPS) is 10.4. The zero-order chi connectivity index (χ0) is 15.2. The largest absolute Gasteiger partial charge is 0.494 e. The molecule has 0 unspecified atom stereocenters. The van der Waals surface area contributed by atoms with Crippen LogP contribution in [0.5, 0.6) is 5.75 Å². The molecule has 2 rings (SSSR count). The first-order chi connectivity index (χ1) is 10.1. The maximum absolute atomic E-state index is 12.3. The molecule has 0 saturated heterocycles. The molecule has 0 heterocycles. The van der Waals surface area contributed by atoms with Crippen LogP contribution in [0.1, 0.15) is 29.3 Å². The molecular formula is C17H16Cl2O2. The van der Waals surface area contributed by atoms with Crippen LogP contribution in [-0.4, -0.2) is 12.4 Å².